The Morgan fingerprint density at radius 2 is 1.85 bits per heavy atom. The second-order valence-corrected chi connectivity index (χ2v) is 5.76. The number of imidazole rings is 1. The van der Waals surface area contributed by atoms with Crippen molar-refractivity contribution in [1.82, 2.24) is 18.7 Å². The number of carbonyl (C=O) groups is 1. The minimum absolute atomic E-state index is 0.100. The number of carbonyl (C=O) groups excluding carboxylic acids is 1. The van der Waals surface area contributed by atoms with Crippen LogP contribution in [0.1, 0.15) is 6.92 Å². The molecule has 0 bridgehead atoms. The van der Waals surface area contributed by atoms with E-state index in [9.17, 15) is 14.4 Å². The number of rotatable bonds is 5. The summed E-state index contributed by atoms with van der Waals surface area (Å²) >= 11 is 0. The molecule has 0 unspecified atom stereocenters. The summed E-state index contributed by atoms with van der Waals surface area (Å²) in [4.78, 5) is 40.7. The van der Waals surface area contributed by atoms with Crippen LogP contribution in [0.4, 0.5) is 5.69 Å². The quantitative estimate of drug-likeness (QED) is 0.715. The largest absolute Gasteiger partial charge is 0.494 e. The van der Waals surface area contributed by atoms with Crippen molar-refractivity contribution in [2.45, 2.75) is 13.5 Å². The van der Waals surface area contributed by atoms with Crippen molar-refractivity contribution in [3.05, 3.63) is 51.4 Å². The van der Waals surface area contributed by atoms with Gasteiger partial charge in [0.2, 0.25) is 5.91 Å². The molecule has 1 aromatic carbocycles. The molecule has 0 atom stereocenters. The number of fused-ring (bicyclic) bond motifs is 1. The Hall–Kier alpha value is -3.36. The first kappa shape index (κ1) is 17.5. The minimum atomic E-state index is -0.491. The predicted octanol–water partition coefficient (Wildman–Crippen LogP) is 0.471. The molecule has 2 aromatic heterocycles. The third kappa shape index (κ3) is 3.10. The Balaban J connectivity index is 1.84. The van der Waals surface area contributed by atoms with Crippen molar-refractivity contribution in [2.24, 2.45) is 14.1 Å². The first-order valence-electron chi connectivity index (χ1n) is 8.06. The van der Waals surface area contributed by atoms with E-state index in [1.54, 1.807) is 24.3 Å². The van der Waals surface area contributed by atoms with E-state index in [0.717, 1.165) is 10.3 Å². The van der Waals surface area contributed by atoms with Gasteiger partial charge in [-0.15, -0.1) is 0 Å². The number of benzene rings is 1. The molecule has 26 heavy (non-hydrogen) atoms. The molecular weight excluding hydrogens is 338 g/mol. The fourth-order valence-electron chi connectivity index (χ4n) is 2.67. The van der Waals surface area contributed by atoms with E-state index in [4.69, 9.17) is 4.74 Å². The second kappa shape index (κ2) is 6.87. The van der Waals surface area contributed by atoms with Crippen LogP contribution in [0.25, 0.3) is 11.2 Å². The Bertz CT molecular complexity index is 1080. The lowest BCUT2D eigenvalue weighted by Crippen LogP contribution is -2.37. The van der Waals surface area contributed by atoms with Crippen molar-refractivity contribution >= 4 is 22.8 Å². The van der Waals surface area contributed by atoms with Crippen LogP contribution in [0, 0.1) is 0 Å². The Morgan fingerprint density at radius 1 is 1.15 bits per heavy atom. The summed E-state index contributed by atoms with van der Waals surface area (Å²) in [5, 5.41) is 2.75. The van der Waals surface area contributed by atoms with Gasteiger partial charge in [-0.25, -0.2) is 9.78 Å². The highest BCUT2D eigenvalue weighted by Crippen LogP contribution is 2.15. The third-order valence-corrected chi connectivity index (χ3v) is 3.98. The molecule has 0 saturated carbocycles. The van der Waals surface area contributed by atoms with Gasteiger partial charge in [-0.2, -0.15) is 0 Å². The Kier molecular flexibility index (Phi) is 4.61. The zero-order valence-electron chi connectivity index (χ0n) is 14.7. The number of anilines is 1. The zero-order valence-corrected chi connectivity index (χ0v) is 14.7. The summed E-state index contributed by atoms with van der Waals surface area (Å²) in [7, 11) is 2.92. The average molecular weight is 357 g/mol. The number of hydrogen-bond acceptors (Lipinski definition) is 5. The van der Waals surface area contributed by atoms with Crippen LogP contribution in [-0.2, 0) is 25.4 Å². The fraction of sp³-hybridized carbons (Fsp3) is 0.294. The standard InChI is InChI=1S/C17H19N5O4/c1-4-26-12-7-5-11(6-8-12)19-13(23)9-22-10-18-15-14(22)16(24)21(3)17(25)20(15)2/h5-8,10H,4,9H2,1-3H3,(H,19,23). The van der Waals surface area contributed by atoms with Gasteiger partial charge < -0.3 is 14.6 Å². The molecule has 3 rings (SSSR count). The number of nitrogens with one attached hydrogen (secondary N) is 1. The van der Waals surface area contributed by atoms with Crippen LogP contribution in [0.3, 0.4) is 0 Å². The summed E-state index contributed by atoms with van der Waals surface area (Å²) in [5.41, 5.74) is 0.104. The summed E-state index contributed by atoms with van der Waals surface area (Å²) in [6, 6.07) is 6.99. The Labute approximate surface area is 148 Å². The monoisotopic (exact) mass is 357 g/mol. The van der Waals surface area contributed by atoms with Crippen molar-refractivity contribution < 1.29 is 9.53 Å². The summed E-state index contributed by atoms with van der Waals surface area (Å²) in [5.74, 6) is 0.403. The smallest absolute Gasteiger partial charge is 0.332 e. The van der Waals surface area contributed by atoms with Crippen LogP contribution in [-0.4, -0.2) is 31.2 Å². The van der Waals surface area contributed by atoms with Gasteiger partial charge in [-0.05, 0) is 31.2 Å². The second-order valence-electron chi connectivity index (χ2n) is 5.76. The van der Waals surface area contributed by atoms with Gasteiger partial charge in [0.1, 0.15) is 12.3 Å². The van der Waals surface area contributed by atoms with E-state index in [-0.39, 0.29) is 23.6 Å². The average Bonchev–Trinajstić information content (AvgIpc) is 3.03. The van der Waals surface area contributed by atoms with Crippen molar-refractivity contribution in [3.8, 4) is 5.75 Å². The van der Waals surface area contributed by atoms with E-state index in [0.29, 0.717) is 12.3 Å². The normalized spacial score (nSPS) is 10.9. The highest BCUT2D eigenvalue weighted by molar-refractivity contribution is 5.91. The highest BCUT2D eigenvalue weighted by atomic mass is 16.5. The third-order valence-electron chi connectivity index (χ3n) is 3.98. The molecule has 136 valence electrons. The molecule has 0 aliphatic carbocycles. The molecule has 2 heterocycles. The molecule has 0 radical (unpaired) electrons. The van der Waals surface area contributed by atoms with E-state index < -0.39 is 11.2 Å². The SMILES string of the molecule is CCOc1ccc(NC(=O)Cn2cnc3c2c(=O)n(C)c(=O)n3C)cc1. The maximum absolute atomic E-state index is 12.4. The van der Waals surface area contributed by atoms with Gasteiger partial charge in [0.05, 0.1) is 12.9 Å². The zero-order chi connectivity index (χ0) is 18.8. The number of aromatic nitrogens is 4. The van der Waals surface area contributed by atoms with Crippen LogP contribution in [0.2, 0.25) is 0 Å². The molecular formula is C17H19N5O4. The molecule has 0 aliphatic rings. The van der Waals surface area contributed by atoms with Gasteiger partial charge >= 0.3 is 5.69 Å². The van der Waals surface area contributed by atoms with Gasteiger partial charge in [0.15, 0.2) is 11.2 Å². The number of hydrogen-bond donors (Lipinski definition) is 1. The molecule has 0 spiro atoms. The summed E-state index contributed by atoms with van der Waals surface area (Å²) in [6.07, 6.45) is 1.38. The number of amides is 1. The van der Waals surface area contributed by atoms with Crippen LogP contribution < -0.4 is 21.3 Å². The van der Waals surface area contributed by atoms with E-state index in [1.807, 2.05) is 6.92 Å². The van der Waals surface area contributed by atoms with Gasteiger partial charge in [-0.1, -0.05) is 0 Å². The maximum Gasteiger partial charge on any atom is 0.332 e. The fourth-order valence-corrected chi connectivity index (χ4v) is 2.67. The van der Waals surface area contributed by atoms with E-state index in [2.05, 4.69) is 10.3 Å². The van der Waals surface area contributed by atoms with Gasteiger partial charge in [0, 0.05) is 19.8 Å². The number of aryl methyl sites for hydroxylation is 1. The highest BCUT2D eigenvalue weighted by Gasteiger charge is 2.16. The molecule has 1 N–H and O–H groups in total. The van der Waals surface area contributed by atoms with Crippen LogP contribution in [0.5, 0.6) is 5.75 Å². The lowest BCUT2D eigenvalue weighted by Gasteiger charge is -2.09. The molecule has 0 saturated heterocycles. The van der Waals surface area contributed by atoms with Gasteiger partial charge in [0.25, 0.3) is 5.56 Å². The molecule has 3 aromatic rings. The van der Waals surface area contributed by atoms with Crippen LogP contribution in [0.15, 0.2) is 40.2 Å². The van der Waals surface area contributed by atoms with Gasteiger partial charge in [-0.3, -0.25) is 18.7 Å². The molecule has 0 fully saturated rings. The molecule has 1 amide bonds. The summed E-state index contributed by atoms with van der Waals surface area (Å²) < 4.78 is 9.05. The molecule has 0 aliphatic heterocycles. The van der Waals surface area contributed by atoms with Crippen molar-refractivity contribution in [3.63, 3.8) is 0 Å². The Morgan fingerprint density at radius 3 is 2.50 bits per heavy atom. The van der Waals surface area contributed by atoms with Crippen molar-refractivity contribution in [2.75, 3.05) is 11.9 Å². The van der Waals surface area contributed by atoms with Crippen LogP contribution >= 0.6 is 0 Å². The maximum atomic E-state index is 12.4. The molecule has 9 heteroatoms. The van der Waals surface area contributed by atoms with E-state index >= 15 is 0 Å². The minimum Gasteiger partial charge on any atom is -0.494 e. The lowest BCUT2D eigenvalue weighted by atomic mass is 10.3. The first-order chi connectivity index (χ1) is 12.4. The predicted molar refractivity (Wildman–Crippen MR) is 96.5 cm³/mol. The summed E-state index contributed by atoms with van der Waals surface area (Å²) in [6.45, 7) is 2.36. The molecule has 9 nitrogen and oxygen atoms in total. The van der Waals surface area contributed by atoms with E-state index in [1.165, 1.54) is 29.6 Å². The number of ether oxygens (including phenoxy) is 1. The number of nitrogens with zero attached hydrogens (tertiary/aromatic N) is 4. The van der Waals surface area contributed by atoms with Crippen molar-refractivity contribution in [1.29, 1.82) is 0 Å². The first-order valence-corrected chi connectivity index (χ1v) is 8.06. The topological polar surface area (TPSA) is 100 Å². The lowest BCUT2D eigenvalue weighted by molar-refractivity contribution is -0.116.